The number of aryl methyl sites for hydroxylation is 2. The highest BCUT2D eigenvalue weighted by Gasteiger charge is 2.24. The van der Waals surface area contributed by atoms with Crippen LogP contribution in [-0.4, -0.2) is 27.3 Å². The van der Waals surface area contributed by atoms with Crippen LogP contribution < -0.4 is 5.73 Å². The molecule has 0 aliphatic carbocycles. The van der Waals surface area contributed by atoms with Crippen LogP contribution in [0, 0.1) is 0 Å². The predicted octanol–water partition coefficient (Wildman–Crippen LogP) is 1.40. The molecule has 2 N–H and O–H groups in total. The van der Waals surface area contributed by atoms with E-state index < -0.39 is 5.91 Å². The Kier molecular flexibility index (Phi) is 4.48. The van der Waals surface area contributed by atoms with Gasteiger partial charge in [-0.3, -0.25) is 4.79 Å². The van der Waals surface area contributed by atoms with Crippen LogP contribution >= 0.6 is 0 Å². The first kappa shape index (κ1) is 14.7. The Bertz CT molecular complexity index is 633. The number of nitrogens with two attached hydrogens (primary N) is 1. The van der Waals surface area contributed by atoms with Crippen LogP contribution in [0.15, 0.2) is 30.3 Å². The summed E-state index contributed by atoms with van der Waals surface area (Å²) in [5, 5.41) is 4.43. The van der Waals surface area contributed by atoms with E-state index in [4.69, 9.17) is 10.5 Å². The van der Waals surface area contributed by atoms with E-state index in [-0.39, 0.29) is 12.5 Å². The van der Waals surface area contributed by atoms with Crippen LogP contribution in [0.5, 0.6) is 0 Å². The first-order valence-corrected chi connectivity index (χ1v) is 7.60. The van der Waals surface area contributed by atoms with Crippen LogP contribution in [0.25, 0.3) is 0 Å². The van der Waals surface area contributed by atoms with E-state index in [1.165, 1.54) is 5.56 Å². The molecule has 3 rings (SSSR count). The average Bonchev–Trinajstić information content (AvgIpc) is 3.14. The van der Waals surface area contributed by atoms with Crippen molar-refractivity contribution >= 4 is 5.91 Å². The van der Waals surface area contributed by atoms with E-state index >= 15 is 0 Å². The molecule has 1 amide bonds. The Hall–Kier alpha value is -2.21. The van der Waals surface area contributed by atoms with Crippen molar-refractivity contribution in [2.45, 2.75) is 38.3 Å². The standard InChI is InChI=1S/C16H20N4O2/c17-14(21)11-15-18-16(13-7-4-10-22-13)20(19-15)9-8-12-5-2-1-3-6-12/h1-3,5-6,13H,4,7-11H2,(H2,17,21)/t13-/m0/s1. The first-order valence-electron chi connectivity index (χ1n) is 7.60. The summed E-state index contributed by atoms with van der Waals surface area (Å²) in [6, 6.07) is 10.2. The second-order valence-electron chi connectivity index (χ2n) is 5.49. The van der Waals surface area contributed by atoms with Crippen molar-refractivity contribution < 1.29 is 9.53 Å². The molecule has 2 aromatic rings. The van der Waals surface area contributed by atoms with E-state index in [1.807, 2.05) is 22.9 Å². The third-order valence-corrected chi connectivity index (χ3v) is 3.75. The van der Waals surface area contributed by atoms with E-state index in [1.54, 1.807) is 0 Å². The highest BCUT2D eigenvalue weighted by atomic mass is 16.5. The lowest BCUT2D eigenvalue weighted by Gasteiger charge is -2.10. The zero-order valence-corrected chi connectivity index (χ0v) is 12.4. The van der Waals surface area contributed by atoms with Gasteiger partial charge >= 0.3 is 0 Å². The number of hydrogen-bond donors (Lipinski definition) is 1. The molecule has 1 aliphatic heterocycles. The van der Waals surface area contributed by atoms with Crippen molar-refractivity contribution in [2.24, 2.45) is 5.73 Å². The summed E-state index contributed by atoms with van der Waals surface area (Å²) >= 11 is 0. The molecule has 0 bridgehead atoms. The number of carbonyl (C=O) groups is 1. The van der Waals surface area contributed by atoms with Gasteiger partial charge in [-0.15, -0.1) is 0 Å². The number of aromatic nitrogens is 3. The third-order valence-electron chi connectivity index (χ3n) is 3.75. The molecule has 1 fully saturated rings. The fourth-order valence-corrected chi connectivity index (χ4v) is 2.70. The molecule has 0 saturated carbocycles. The number of amides is 1. The quantitative estimate of drug-likeness (QED) is 0.874. The lowest BCUT2D eigenvalue weighted by molar-refractivity contribution is -0.117. The van der Waals surface area contributed by atoms with Gasteiger partial charge in [-0.1, -0.05) is 30.3 Å². The SMILES string of the molecule is NC(=O)Cc1nc([C@@H]2CCCO2)n(CCc2ccccc2)n1. The van der Waals surface area contributed by atoms with Crippen LogP contribution in [0.2, 0.25) is 0 Å². The van der Waals surface area contributed by atoms with Gasteiger partial charge in [-0.05, 0) is 24.8 Å². The van der Waals surface area contributed by atoms with E-state index in [0.717, 1.165) is 31.7 Å². The Morgan fingerprint density at radius 1 is 1.36 bits per heavy atom. The van der Waals surface area contributed by atoms with Gasteiger partial charge in [0.1, 0.15) is 6.10 Å². The molecule has 1 atom stereocenters. The van der Waals surface area contributed by atoms with Gasteiger partial charge in [0, 0.05) is 13.2 Å². The summed E-state index contributed by atoms with van der Waals surface area (Å²) in [6.07, 6.45) is 2.88. The lowest BCUT2D eigenvalue weighted by Crippen LogP contribution is -2.15. The summed E-state index contributed by atoms with van der Waals surface area (Å²) < 4.78 is 7.57. The van der Waals surface area contributed by atoms with Crippen LogP contribution in [0.3, 0.4) is 0 Å². The van der Waals surface area contributed by atoms with Crippen molar-refractivity contribution in [1.82, 2.24) is 14.8 Å². The van der Waals surface area contributed by atoms with Crippen molar-refractivity contribution in [2.75, 3.05) is 6.61 Å². The lowest BCUT2D eigenvalue weighted by atomic mass is 10.1. The number of rotatable bonds is 6. The summed E-state index contributed by atoms with van der Waals surface area (Å²) in [6.45, 7) is 1.46. The van der Waals surface area contributed by atoms with E-state index in [9.17, 15) is 4.79 Å². The zero-order valence-electron chi connectivity index (χ0n) is 12.4. The van der Waals surface area contributed by atoms with Gasteiger partial charge in [0.25, 0.3) is 0 Å². The fraction of sp³-hybridized carbons (Fsp3) is 0.438. The number of primary amides is 1. The van der Waals surface area contributed by atoms with Gasteiger partial charge in [0.2, 0.25) is 5.91 Å². The second kappa shape index (κ2) is 6.70. The molecule has 1 aliphatic rings. The zero-order chi connectivity index (χ0) is 15.4. The van der Waals surface area contributed by atoms with Crippen LogP contribution in [0.4, 0.5) is 0 Å². The molecule has 6 nitrogen and oxygen atoms in total. The maximum absolute atomic E-state index is 11.1. The predicted molar refractivity (Wildman–Crippen MR) is 81.0 cm³/mol. The first-order chi connectivity index (χ1) is 10.7. The molecular formula is C16H20N4O2. The minimum Gasteiger partial charge on any atom is -0.370 e. The van der Waals surface area contributed by atoms with Crippen LogP contribution in [0.1, 0.15) is 36.2 Å². The van der Waals surface area contributed by atoms with Gasteiger partial charge in [0.05, 0.1) is 6.42 Å². The van der Waals surface area contributed by atoms with Crippen LogP contribution in [-0.2, 0) is 28.9 Å². The Balaban J connectivity index is 1.77. The number of ether oxygens (including phenoxy) is 1. The maximum Gasteiger partial charge on any atom is 0.225 e. The minimum atomic E-state index is -0.418. The summed E-state index contributed by atoms with van der Waals surface area (Å²) in [4.78, 5) is 15.6. The Labute approximate surface area is 129 Å². The number of hydrogen-bond acceptors (Lipinski definition) is 4. The van der Waals surface area contributed by atoms with Gasteiger partial charge in [0.15, 0.2) is 11.6 Å². The molecule has 1 aromatic carbocycles. The maximum atomic E-state index is 11.1. The van der Waals surface area contributed by atoms with Crippen molar-refractivity contribution in [3.8, 4) is 0 Å². The largest absolute Gasteiger partial charge is 0.370 e. The molecule has 2 heterocycles. The molecule has 116 valence electrons. The molecule has 22 heavy (non-hydrogen) atoms. The number of nitrogens with zero attached hydrogens (tertiary/aromatic N) is 3. The average molecular weight is 300 g/mol. The molecule has 0 unspecified atom stereocenters. The van der Waals surface area contributed by atoms with Gasteiger partial charge < -0.3 is 10.5 Å². The molecule has 0 radical (unpaired) electrons. The molecule has 0 spiro atoms. The number of benzene rings is 1. The van der Waals surface area contributed by atoms with Crippen molar-refractivity contribution in [3.05, 3.63) is 47.5 Å². The number of carbonyl (C=O) groups excluding carboxylic acids is 1. The van der Waals surface area contributed by atoms with E-state index in [2.05, 4.69) is 22.2 Å². The Morgan fingerprint density at radius 3 is 2.86 bits per heavy atom. The third kappa shape index (κ3) is 3.51. The highest BCUT2D eigenvalue weighted by molar-refractivity contribution is 5.75. The normalized spacial score (nSPS) is 17.7. The van der Waals surface area contributed by atoms with Gasteiger partial charge in [-0.25, -0.2) is 9.67 Å². The van der Waals surface area contributed by atoms with Gasteiger partial charge in [-0.2, -0.15) is 5.10 Å². The summed E-state index contributed by atoms with van der Waals surface area (Å²) in [7, 11) is 0. The topological polar surface area (TPSA) is 83.0 Å². The summed E-state index contributed by atoms with van der Waals surface area (Å²) in [5.41, 5.74) is 6.49. The monoisotopic (exact) mass is 300 g/mol. The summed E-state index contributed by atoms with van der Waals surface area (Å²) in [5.74, 6) is 0.870. The molecular weight excluding hydrogens is 280 g/mol. The smallest absolute Gasteiger partial charge is 0.225 e. The minimum absolute atomic E-state index is 0.0232. The van der Waals surface area contributed by atoms with Crippen molar-refractivity contribution in [1.29, 1.82) is 0 Å². The highest BCUT2D eigenvalue weighted by Crippen LogP contribution is 2.27. The second-order valence-corrected chi connectivity index (χ2v) is 5.49. The Morgan fingerprint density at radius 2 is 2.18 bits per heavy atom. The van der Waals surface area contributed by atoms with E-state index in [0.29, 0.717) is 12.4 Å². The molecule has 1 saturated heterocycles. The fourth-order valence-electron chi connectivity index (χ4n) is 2.70. The molecule has 6 heteroatoms. The van der Waals surface area contributed by atoms with Crippen molar-refractivity contribution in [3.63, 3.8) is 0 Å². The molecule has 1 aromatic heterocycles.